The van der Waals surface area contributed by atoms with Crippen molar-refractivity contribution >= 4 is 28.6 Å². The lowest BCUT2D eigenvalue weighted by atomic mass is 10.1. The van der Waals surface area contributed by atoms with Crippen molar-refractivity contribution in [1.82, 2.24) is 0 Å². The number of hydrogen-bond acceptors (Lipinski definition) is 2. The molecule has 0 aliphatic heterocycles. The lowest BCUT2D eigenvalue weighted by Crippen LogP contribution is -2.18. The molecule has 2 aromatic rings. The van der Waals surface area contributed by atoms with Crippen LogP contribution in [0, 0.1) is 12.7 Å². The van der Waals surface area contributed by atoms with E-state index in [-0.39, 0.29) is 16.4 Å². The van der Waals surface area contributed by atoms with Gasteiger partial charge >= 0.3 is 0 Å². The first kappa shape index (κ1) is 14.5. The van der Waals surface area contributed by atoms with Gasteiger partial charge < -0.3 is 10.6 Å². The van der Waals surface area contributed by atoms with Crippen LogP contribution in [0.3, 0.4) is 0 Å². The van der Waals surface area contributed by atoms with Crippen LogP contribution in [0.25, 0.3) is 0 Å². The minimum atomic E-state index is -0.387. The van der Waals surface area contributed by atoms with Crippen molar-refractivity contribution in [2.75, 3.05) is 11.4 Å². The summed E-state index contributed by atoms with van der Waals surface area (Å²) in [5.41, 5.74) is 8.77. The third-order valence-electron chi connectivity index (χ3n) is 3.25. The molecule has 0 amide bonds. The van der Waals surface area contributed by atoms with E-state index in [2.05, 4.69) is 4.90 Å². The van der Waals surface area contributed by atoms with Crippen LogP contribution >= 0.6 is 12.2 Å². The van der Waals surface area contributed by atoms with Crippen LogP contribution in [0.1, 0.15) is 18.1 Å². The zero-order chi connectivity index (χ0) is 14.7. The lowest BCUT2D eigenvalue weighted by Gasteiger charge is -2.25. The third kappa shape index (κ3) is 2.80. The predicted molar refractivity (Wildman–Crippen MR) is 86.1 cm³/mol. The molecule has 0 saturated heterocycles. The fourth-order valence-corrected chi connectivity index (χ4v) is 2.40. The molecule has 0 aliphatic carbocycles. The molecule has 20 heavy (non-hydrogen) atoms. The first-order valence-electron chi connectivity index (χ1n) is 6.47. The molecule has 0 bridgehead atoms. The molecule has 0 atom stereocenters. The molecular formula is C16H17FN2S. The second-order valence-corrected chi connectivity index (χ2v) is 5.00. The van der Waals surface area contributed by atoms with Crippen molar-refractivity contribution in [3.05, 3.63) is 59.4 Å². The highest BCUT2D eigenvalue weighted by molar-refractivity contribution is 7.80. The molecule has 0 heterocycles. The van der Waals surface area contributed by atoms with E-state index in [0.29, 0.717) is 0 Å². The predicted octanol–water partition coefficient (Wildman–Crippen LogP) is 3.93. The van der Waals surface area contributed by atoms with E-state index in [4.69, 9.17) is 18.0 Å². The number of anilines is 2. The molecule has 104 valence electrons. The topological polar surface area (TPSA) is 29.3 Å². The molecule has 2 rings (SSSR count). The van der Waals surface area contributed by atoms with E-state index in [1.54, 1.807) is 6.07 Å². The first-order chi connectivity index (χ1) is 9.54. The van der Waals surface area contributed by atoms with Gasteiger partial charge in [0.2, 0.25) is 0 Å². The standard InChI is InChI=1S/C16H17FN2S/c1-3-19(15-7-5-4-6-11(15)2)12-8-9-13(16(18)20)14(17)10-12/h4-10H,3H2,1-2H3,(H2,18,20). The molecular weight excluding hydrogens is 271 g/mol. The van der Waals surface area contributed by atoms with Crippen molar-refractivity contribution < 1.29 is 4.39 Å². The van der Waals surface area contributed by atoms with E-state index in [1.807, 2.05) is 44.2 Å². The average molecular weight is 288 g/mol. The van der Waals surface area contributed by atoms with Crippen LogP contribution in [0.5, 0.6) is 0 Å². The number of rotatable bonds is 4. The smallest absolute Gasteiger partial charge is 0.135 e. The van der Waals surface area contributed by atoms with Gasteiger partial charge in [0.25, 0.3) is 0 Å². The minimum Gasteiger partial charge on any atom is -0.389 e. The van der Waals surface area contributed by atoms with Gasteiger partial charge in [-0.1, -0.05) is 30.4 Å². The summed E-state index contributed by atoms with van der Waals surface area (Å²) in [6.07, 6.45) is 0. The van der Waals surface area contributed by atoms with Crippen LogP contribution in [-0.4, -0.2) is 11.5 Å². The van der Waals surface area contributed by atoms with E-state index in [0.717, 1.165) is 23.5 Å². The largest absolute Gasteiger partial charge is 0.389 e. The Hall–Kier alpha value is -1.94. The fraction of sp³-hybridized carbons (Fsp3) is 0.188. The summed E-state index contributed by atoms with van der Waals surface area (Å²) in [7, 11) is 0. The van der Waals surface area contributed by atoms with Crippen molar-refractivity contribution in [2.45, 2.75) is 13.8 Å². The Labute approximate surface area is 124 Å². The van der Waals surface area contributed by atoms with Gasteiger partial charge in [-0.15, -0.1) is 0 Å². The van der Waals surface area contributed by atoms with Gasteiger partial charge in [-0.05, 0) is 43.7 Å². The summed E-state index contributed by atoms with van der Waals surface area (Å²) in [6.45, 7) is 4.82. The Balaban J connectivity index is 2.46. The number of nitrogens with zero attached hydrogens (tertiary/aromatic N) is 1. The van der Waals surface area contributed by atoms with Crippen LogP contribution in [0.4, 0.5) is 15.8 Å². The molecule has 0 unspecified atom stereocenters. The SMILES string of the molecule is CCN(c1ccc(C(N)=S)c(F)c1)c1ccccc1C. The maximum atomic E-state index is 14.0. The second-order valence-electron chi connectivity index (χ2n) is 4.56. The molecule has 2 N–H and O–H groups in total. The maximum absolute atomic E-state index is 14.0. The van der Waals surface area contributed by atoms with Gasteiger partial charge in [0.1, 0.15) is 10.8 Å². The molecule has 0 radical (unpaired) electrons. The van der Waals surface area contributed by atoms with Gasteiger partial charge in [0.15, 0.2) is 0 Å². The van der Waals surface area contributed by atoms with E-state index in [1.165, 1.54) is 6.07 Å². The zero-order valence-electron chi connectivity index (χ0n) is 11.6. The number of para-hydroxylation sites is 1. The summed E-state index contributed by atoms with van der Waals surface area (Å²) < 4.78 is 14.0. The van der Waals surface area contributed by atoms with E-state index in [9.17, 15) is 4.39 Å². The van der Waals surface area contributed by atoms with Crippen LogP contribution in [-0.2, 0) is 0 Å². The Morgan fingerprint density at radius 1 is 1.25 bits per heavy atom. The molecule has 4 heteroatoms. The second kappa shape index (κ2) is 6.01. The summed E-state index contributed by atoms with van der Waals surface area (Å²) in [5.74, 6) is -0.387. The normalized spacial score (nSPS) is 10.3. The zero-order valence-corrected chi connectivity index (χ0v) is 12.4. The van der Waals surface area contributed by atoms with Gasteiger partial charge in [0.05, 0.1) is 0 Å². The van der Waals surface area contributed by atoms with Crippen molar-refractivity contribution in [1.29, 1.82) is 0 Å². The third-order valence-corrected chi connectivity index (χ3v) is 3.47. The van der Waals surface area contributed by atoms with Gasteiger partial charge in [0, 0.05) is 23.5 Å². The van der Waals surface area contributed by atoms with Crippen molar-refractivity contribution in [2.24, 2.45) is 5.73 Å². The molecule has 0 spiro atoms. The number of benzene rings is 2. The maximum Gasteiger partial charge on any atom is 0.135 e. The Bertz CT molecular complexity index is 640. The first-order valence-corrected chi connectivity index (χ1v) is 6.88. The summed E-state index contributed by atoms with van der Waals surface area (Å²) >= 11 is 4.83. The Morgan fingerprint density at radius 2 is 1.95 bits per heavy atom. The molecule has 0 aromatic heterocycles. The average Bonchev–Trinajstić information content (AvgIpc) is 2.41. The van der Waals surface area contributed by atoms with Crippen molar-refractivity contribution in [3.8, 4) is 0 Å². The molecule has 0 saturated carbocycles. The molecule has 0 fully saturated rings. The monoisotopic (exact) mass is 288 g/mol. The number of halogens is 1. The lowest BCUT2D eigenvalue weighted by molar-refractivity contribution is 0.625. The van der Waals surface area contributed by atoms with Gasteiger partial charge in [-0.3, -0.25) is 0 Å². The highest BCUT2D eigenvalue weighted by Gasteiger charge is 2.12. The quantitative estimate of drug-likeness (QED) is 0.864. The van der Waals surface area contributed by atoms with Crippen LogP contribution in [0.2, 0.25) is 0 Å². The van der Waals surface area contributed by atoms with Crippen molar-refractivity contribution in [3.63, 3.8) is 0 Å². The highest BCUT2D eigenvalue weighted by Crippen LogP contribution is 2.29. The van der Waals surface area contributed by atoms with E-state index < -0.39 is 0 Å². The highest BCUT2D eigenvalue weighted by atomic mass is 32.1. The Morgan fingerprint density at radius 3 is 2.50 bits per heavy atom. The Kier molecular flexibility index (Phi) is 4.35. The summed E-state index contributed by atoms with van der Waals surface area (Å²) in [4.78, 5) is 2.13. The molecule has 2 aromatic carbocycles. The summed E-state index contributed by atoms with van der Waals surface area (Å²) in [6, 6.07) is 13.0. The number of thiocarbonyl (C=S) groups is 1. The van der Waals surface area contributed by atoms with Crippen LogP contribution < -0.4 is 10.6 Å². The van der Waals surface area contributed by atoms with E-state index >= 15 is 0 Å². The van der Waals surface area contributed by atoms with Crippen LogP contribution in [0.15, 0.2) is 42.5 Å². The summed E-state index contributed by atoms with van der Waals surface area (Å²) in [5, 5.41) is 0. The number of aryl methyl sites for hydroxylation is 1. The van der Waals surface area contributed by atoms with Gasteiger partial charge in [-0.2, -0.15) is 0 Å². The minimum absolute atomic E-state index is 0.0768. The fourth-order valence-electron chi connectivity index (χ4n) is 2.23. The molecule has 0 aliphatic rings. The number of nitrogens with two attached hydrogens (primary N) is 1. The van der Waals surface area contributed by atoms with Gasteiger partial charge in [-0.25, -0.2) is 4.39 Å². The number of hydrogen-bond donors (Lipinski definition) is 1. The molecule has 2 nitrogen and oxygen atoms in total.